The van der Waals surface area contributed by atoms with E-state index in [1.165, 1.54) is 4.31 Å². The number of hydrogen-bond donors (Lipinski definition) is 0. The third-order valence-electron chi connectivity index (χ3n) is 4.38. The maximum atomic E-state index is 12.6. The second kappa shape index (κ2) is 5.42. The van der Waals surface area contributed by atoms with E-state index in [0.29, 0.717) is 13.0 Å². The van der Waals surface area contributed by atoms with E-state index in [0.717, 1.165) is 30.6 Å². The molecule has 0 radical (unpaired) electrons. The van der Waals surface area contributed by atoms with E-state index in [1.807, 2.05) is 24.3 Å². The van der Waals surface area contributed by atoms with Gasteiger partial charge in [-0.1, -0.05) is 24.3 Å². The van der Waals surface area contributed by atoms with Crippen molar-refractivity contribution in [3.05, 3.63) is 35.4 Å². The van der Waals surface area contributed by atoms with Crippen molar-refractivity contribution in [3.63, 3.8) is 0 Å². The summed E-state index contributed by atoms with van der Waals surface area (Å²) in [6.07, 6.45) is 1.49. The molecule has 1 aromatic rings. The number of rotatable bonds is 3. The Morgan fingerprint density at radius 1 is 1.24 bits per heavy atom. The van der Waals surface area contributed by atoms with E-state index in [4.69, 9.17) is 0 Å². The predicted octanol–water partition coefficient (Wildman–Crippen LogP) is 0.995. The van der Waals surface area contributed by atoms with Gasteiger partial charge in [-0.2, -0.15) is 4.31 Å². The zero-order valence-electron chi connectivity index (χ0n) is 12.2. The highest BCUT2D eigenvalue weighted by Gasteiger charge is 2.40. The van der Waals surface area contributed by atoms with Crippen molar-refractivity contribution in [1.29, 1.82) is 0 Å². The number of amides is 1. The molecule has 2 heterocycles. The first kappa shape index (κ1) is 14.5. The van der Waals surface area contributed by atoms with Crippen LogP contribution in [-0.2, 0) is 27.8 Å². The third kappa shape index (κ3) is 2.58. The first-order valence-corrected chi connectivity index (χ1v) is 8.99. The molecule has 6 heteroatoms. The minimum absolute atomic E-state index is 0.0267. The number of sulfonamides is 1. The number of nitrogens with zero attached hydrogens (tertiary/aromatic N) is 2. The quantitative estimate of drug-likeness (QED) is 0.837. The Bertz CT molecular complexity index is 653. The second-order valence-electron chi connectivity index (χ2n) is 5.61. The Morgan fingerprint density at radius 2 is 1.90 bits per heavy atom. The van der Waals surface area contributed by atoms with Crippen molar-refractivity contribution in [2.75, 3.05) is 18.8 Å². The van der Waals surface area contributed by atoms with E-state index < -0.39 is 16.1 Å². The van der Waals surface area contributed by atoms with E-state index in [1.54, 1.807) is 11.8 Å². The molecule has 0 saturated carbocycles. The van der Waals surface area contributed by atoms with E-state index >= 15 is 0 Å². The van der Waals surface area contributed by atoms with Crippen LogP contribution in [0, 0.1) is 0 Å². The molecule has 1 amide bonds. The van der Waals surface area contributed by atoms with Crippen LogP contribution in [0.15, 0.2) is 24.3 Å². The largest absolute Gasteiger partial charge is 0.341 e. The molecule has 1 aromatic carbocycles. The third-order valence-corrected chi connectivity index (χ3v) is 6.21. The number of benzene rings is 1. The lowest BCUT2D eigenvalue weighted by Gasteiger charge is -2.40. The van der Waals surface area contributed by atoms with Crippen LogP contribution in [0.4, 0.5) is 0 Å². The monoisotopic (exact) mass is 308 g/mol. The van der Waals surface area contributed by atoms with Crippen molar-refractivity contribution in [1.82, 2.24) is 9.21 Å². The van der Waals surface area contributed by atoms with Gasteiger partial charge in [-0.25, -0.2) is 8.42 Å². The fourth-order valence-corrected chi connectivity index (χ4v) is 4.13. The second-order valence-corrected chi connectivity index (χ2v) is 7.82. The molecule has 5 nitrogen and oxygen atoms in total. The average molecular weight is 308 g/mol. The summed E-state index contributed by atoms with van der Waals surface area (Å²) in [4.78, 5) is 14.3. The van der Waals surface area contributed by atoms with Gasteiger partial charge in [-0.3, -0.25) is 4.79 Å². The fourth-order valence-electron chi connectivity index (χ4n) is 2.91. The van der Waals surface area contributed by atoms with Gasteiger partial charge in [0.2, 0.25) is 15.9 Å². The summed E-state index contributed by atoms with van der Waals surface area (Å²) >= 11 is 0. The normalized spacial score (nSPS) is 22.5. The Labute approximate surface area is 125 Å². The van der Waals surface area contributed by atoms with Gasteiger partial charge in [0.15, 0.2) is 0 Å². The van der Waals surface area contributed by atoms with Crippen LogP contribution in [0.2, 0.25) is 0 Å². The molecule has 114 valence electrons. The Balaban J connectivity index is 1.96. The summed E-state index contributed by atoms with van der Waals surface area (Å²) in [6.45, 7) is 3.42. The number of likely N-dealkylation sites (tertiary alicyclic amines) is 1. The van der Waals surface area contributed by atoms with Crippen molar-refractivity contribution in [2.24, 2.45) is 0 Å². The number of carbonyl (C=O) groups is 1. The summed E-state index contributed by atoms with van der Waals surface area (Å²) in [5.74, 6) is -0.0216. The van der Waals surface area contributed by atoms with E-state index in [9.17, 15) is 13.2 Å². The average Bonchev–Trinajstić information content (AvgIpc) is 2.44. The summed E-state index contributed by atoms with van der Waals surface area (Å²) in [5, 5.41) is 0. The first-order chi connectivity index (χ1) is 10.0. The first-order valence-electron chi connectivity index (χ1n) is 7.38. The van der Waals surface area contributed by atoms with Gasteiger partial charge in [0.1, 0.15) is 6.04 Å². The van der Waals surface area contributed by atoms with Crippen LogP contribution in [0.1, 0.15) is 24.5 Å². The van der Waals surface area contributed by atoms with Crippen LogP contribution < -0.4 is 0 Å². The van der Waals surface area contributed by atoms with Gasteiger partial charge >= 0.3 is 0 Å². The standard InChI is InChI=1S/C15H20N2O3S/c1-2-21(19,20)17-11-13-7-4-3-6-12(13)10-14(17)15(18)16-8-5-9-16/h3-4,6-7,14H,2,5,8-11H2,1H3. The molecule has 3 rings (SSSR count). The number of fused-ring (bicyclic) bond motifs is 1. The Morgan fingerprint density at radius 3 is 2.48 bits per heavy atom. The summed E-state index contributed by atoms with van der Waals surface area (Å²) in [6, 6.07) is 7.20. The van der Waals surface area contributed by atoms with Crippen molar-refractivity contribution < 1.29 is 13.2 Å². The molecule has 2 aliphatic heterocycles. The zero-order chi connectivity index (χ0) is 15.0. The maximum Gasteiger partial charge on any atom is 0.241 e. The molecule has 1 unspecified atom stereocenters. The van der Waals surface area contributed by atoms with Gasteiger partial charge in [0.25, 0.3) is 0 Å². The van der Waals surface area contributed by atoms with Crippen LogP contribution in [0.25, 0.3) is 0 Å². The predicted molar refractivity (Wildman–Crippen MR) is 80.1 cm³/mol. The topological polar surface area (TPSA) is 57.7 Å². The highest BCUT2D eigenvalue weighted by Crippen LogP contribution is 2.28. The van der Waals surface area contributed by atoms with Crippen LogP contribution in [-0.4, -0.2) is 48.4 Å². The lowest BCUT2D eigenvalue weighted by molar-refractivity contribution is -0.139. The zero-order valence-corrected chi connectivity index (χ0v) is 13.0. The summed E-state index contributed by atoms with van der Waals surface area (Å²) in [7, 11) is -3.39. The van der Waals surface area contributed by atoms with Gasteiger partial charge in [-0.15, -0.1) is 0 Å². The minimum atomic E-state index is -3.39. The lowest BCUT2D eigenvalue weighted by Crippen LogP contribution is -2.56. The molecular weight excluding hydrogens is 288 g/mol. The molecule has 2 aliphatic rings. The molecule has 0 aromatic heterocycles. The Hall–Kier alpha value is -1.40. The van der Waals surface area contributed by atoms with Crippen LogP contribution in [0.5, 0.6) is 0 Å². The molecule has 1 fully saturated rings. The Kier molecular flexibility index (Phi) is 3.75. The van der Waals surface area contributed by atoms with Crippen molar-refractivity contribution >= 4 is 15.9 Å². The van der Waals surface area contributed by atoms with E-state index in [-0.39, 0.29) is 11.7 Å². The highest BCUT2D eigenvalue weighted by atomic mass is 32.2. The van der Waals surface area contributed by atoms with Gasteiger partial charge in [0.05, 0.1) is 5.75 Å². The summed E-state index contributed by atoms with van der Waals surface area (Å²) < 4.78 is 26.1. The smallest absolute Gasteiger partial charge is 0.241 e. The minimum Gasteiger partial charge on any atom is -0.341 e. The van der Waals surface area contributed by atoms with Crippen LogP contribution in [0.3, 0.4) is 0 Å². The molecular formula is C15H20N2O3S. The number of hydrogen-bond acceptors (Lipinski definition) is 3. The molecule has 1 atom stereocenters. The molecule has 0 aliphatic carbocycles. The van der Waals surface area contributed by atoms with Gasteiger partial charge < -0.3 is 4.90 Å². The lowest BCUT2D eigenvalue weighted by atomic mass is 9.94. The van der Waals surface area contributed by atoms with Gasteiger partial charge in [0, 0.05) is 19.6 Å². The van der Waals surface area contributed by atoms with Crippen LogP contribution >= 0.6 is 0 Å². The highest BCUT2D eigenvalue weighted by molar-refractivity contribution is 7.89. The van der Waals surface area contributed by atoms with E-state index in [2.05, 4.69) is 0 Å². The molecule has 0 spiro atoms. The SMILES string of the molecule is CCS(=O)(=O)N1Cc2ccccc2CC1C(=O)N1CCC1. The van der Waals surface area contributed by atoms with Gasteiger partial charge in [-0.05, 0) is 30.9 Å². The van der Waals surface area contributed by atoms with Crippen molar-refractivity contribution in [3.8, 4) is 0 Å². The molecule has 0 bridgehead atoms. The summed E-state index contributed by atoms with van der Waals surface area (Å²) in [5.41, 5.74) is 2.08. The number of carbonyl (C=O) groups excluding carboxylic acids is 1. The maximum absolute atomic E-state index is 12.6. The molecule has 21 heavy (non-hydrogen) atoms. The van der Waals surface area contributed by atoms with Crippen molar-refractivity contribution in [2.45, 2.75) is 32.4 Å². The molecule has 0 N–H and O–H groups in total. The fraction of sp³-hybridized carbons (Fsp3) is 0.533. The molecule has 1 saturated heterocycles.